The van der Waals surface area contributed by atoms with Crippen molar-refractivity contribution >= 4 is 96.0 Å². The number of aromatic nitrogens is 8. The number of aliphatic imine (C=N–C) groups is 1. The van der Waals surface area contributed by atoms with Crippen LogP contribution in [0.2, 0.25) is 0 Å². The van der Waals surface area contributed by atoms with E-state index in [1.54, 1.807) is 75.2 Å². The summed E-state index contributed by atoms with van der Waals surface area (Å²) in [7, 11) is 3.52. The fraction of sp³-hybridized carbons (Fsp3) is 0.279. The molecule has 0 saturated carbocycles. The van der Waals surface area contributed by atoms with Crippen molar-refractivity contribution in [1.82, 2.24) is 56.3 Å². The number of amides is 4. The van der Waals surface area contributed by atoms with Gasteiger partial charge in [-0.3, -0.25) is 38.4 Å². The molecule has 580 valence electrons. The SMILES string of the molecule is C.CCOC(=O)C(C)(C)CNC.CCOC(=O)C(C)(C)CNC(=O)Cc1cccc(Cc2n[nH]c(=O)c3ccccc23)c1.CN1CC(C)(C)C(=O)N(c2cccc(Cc3n[nH]c(=O)c4ccccc34)c2)C1=O.Nc1cccc(Cc2n[nH]c(=O)c3ccccc23)c1.O=C=Nc1cccc(Cc2n[nH]c(=O)c3ccccc23)c1. The first-order valence-electron chi connectivity index (χ1n) is 36.0. The van der Waals surface area contributed by atoms with E-state index in [1.807, 2.05) is 193 Å². The maximum atomic E-state index is 12.9. The van der Waals surface area contributed by atoms with E-state index < -0.39 is 16.2 Å². The lowest BCUT2D eigenvalue weighted by atomic mass is 9.89. The summed E-state index contributed by atoms with van der Waals surface area (Å²) in [4.78, 5) is 125. The molecular formula is C86H94N14O12. The second kappa shape index (κ2) is 38.7. The summed E-state index contributed by atoms with van der Waals surface area (Å²) >= 11 is 0. The van der Waals surface area contributed by atoms with Crippen molar-refractivity contribution in [1.29, 1.82) is 0 Å². The monoisotopic (exact) mass is 1510 g/mol. The van der Waals surface area contributed by atoms with Gasteiger partial charge in [0.25, 0.3) is 22.2 Å². The molecule has 5 heterocycles. The predicted molar refractivity (Wildman–Crippen MR) is 436 cm³/mol. The van der Waals surface area contributed by atoms with Gasteiger partial charge in [-0.25, -0.2) is 34.9 Å². The molecule has 8 aromatic carbocycles. The van der Waals surface area contributed by atoms with Gasteiger partial charge in [-0.1, -0.05) is 141 Å². The molecule has 1 aliphatic heterocycles. The number of nitrogens with two attached hydrogens (primary N) is 1. The molecule has 1 aliphatic rings. The zero-order valence-electron chi connectivity index (χ0n) is 63.7. The molecule has 26 nitrogen and oxygen atoms in total. The number of hydrogen-bond acceptors (Lipinski definition) is 19. The van der Waals surface area contributed by atoms with Gasteiger partial charge in [0.1, 0.15) is 0 Å². The minimum atomic E-state index is -0.787. The lowest BCUT2D eigenvalue weighted by molar-refractivity contribution is -0.154. The number of nitrogens with one attached hydrogen (secondary N) is 6. The van der Waals surface area contributed by atoms with Gasteiger partial charge in [0.2, 0.25) is 17.9 Å². The zero-order valence-corrected chi connectivity index (χ0v) is 63.7. The van der Waals surface area contributed by atoms with Gasteiger partial charge in [0.05, 0.1) is 91.6 Å². The molecule has 26 heteroatoms. The van der Waals surface area contributed by atoms with Crippen LogP contribution < -0.4 is 43.5 Å². The molecule has 0 unspecified atom stereocenters. The molecule has 0 aliphatic carbocycles. The molecule has 0 bridgehead atoms. The van der Waals surface area contributed by atoms with Crippen LogP contribution in [0.4, 0.5) is 21.9 Å². The summed E-state index contributed by atoms with van der Waals surface area (Å²) in [5, 5.41) is 38.4. The summed E-state index contributed by atoms with van der Waals surface area (Å²) < 4.78 is 9.93. The summed E-state index contributed by atoms with van der Waals surface area (Å²) in [6, 6.07) is 59.1. The summed E-state index contributed by atoms with van der Waals surface area (Å²) in [6.07, 6.45) is 3.90. The van der Waals surface area contributed by atoms with E-state index >= 15 is 0 Å². The quantitative estimate of drug-likeness (QED) is 0.0161. The number of ether oxygens (including phenoxy) is 2. The molecule has 112 heavy (non-hydrogen) atoms. The van der Waals surface area contributed by atoms with Crippen molar-refractivity contribution in [3.63, 3.8) is 0 Å². The van der Waals surface area contributed by atoms with E-state index in [4.69, 9.17) is 15.2 Å². The van der Waals surface area contributed by atoms with E-state index in [2.05, 4.69) is 56.4 Å². The smallest absolute Gasteiger partial charge is 0.331 e. The number of benzene rings is 8. The van der Waals surface area contributed by atoms with Crippen LogP contribution in [-0.2, 0) is 65.6 Å². The Labute approximate surface area is 647 Å². The summed E-state index contributed by atoms with van der Waals surface area (Å²) in [6.45, 7) is 16.4. The molecular weight excluding hydrogens is 1420 g/mol. The number of urea groups is 1. The number of nitrogens with zero attached hydrogens (tertiary/aromatic N) is 7. The van der Waals surface area contributed by atoms with Crippen molar-refractivity contribution in [2.75, 3.05) is 57.6 Å². The van der Waals surface area contributed by atoms with Crippen molar-refractivity contribution in [2.24, 2.45) is 21.2 Å². The van der Waals surface area contributed by atoms with Crippen LogP contribution in [-0.4, -0.2) is 128 Å². The third-order valence-electron chi connectivity index (χ3n) is 18.1. The van der Waals surface area contributed by atoms with Crippen LogP contribution in [0.3, 0.4) is 0 Å². The lowest BCUT2D eigenvalue weighted by Gasteiger charge is -2.40. The van der Waals surface area contributed by atoms with Crippen LogP contribution in [0.5, 0.6) is 0 Å². The lowest BCUT2D eigenvalue weighted by Crippen LogP contribution is -2.59. The van der Waals surface area contributed by atoms with Gasteiger partial charge in [0.15, 0.2) is 0 Å². The molecule has 12 aromatic rings. The first-order valence-corrected chi connectivity index (χ1v) is 36.0. The van der Waals surface area contributed by atoms with Crippen molar-refractivity contribution in [2.45, 2.75) is 94.9 Å². The number of nitrogen functional groups attached to an aromatic ring is 1. The Hall–Kier alpha value is -13.2. The molecule has 0 atom stereocenters. The van der Waals surface area contributed by atoms with Crippen LogP contribution in [0.25, 0.3) is 43.1 Å². The fourth-order valence-electron chi connectivity index (χ4n) is 12.5. The number of imide groups is 1. The van der Waals surface area contributed by atoms with E-state index in [9.17, 15) is 47.9 Å². The average molecular weight is 1520 g/mol. The van der Waals surface area contributed by atoms with Crippen LogP contribution in [0.1, 0.15) is 113 Å². The number of rotatable bonds is 20. The number of aromatic amines is 4. The highest BCUT2D eigenvalue weighted by Crippen LogP contribution is 2.32. The molecule has 1 fully saturated rings. The second-order valence-corrected chi connectivity index (χ2v) is 28.4. The van der Waals surface area contributed by atoms with Crippen molar-refractivity contribution in [3.05, 3.63) is 286 Å². The molecule has 8 N–H and O–H groups in total. The first-order chi connectivity index (χ1) is 53.1. The third kappa shape index (κ3) is 22.0. The van der Waals surface area contributed by atoms with Crippen molar-refractivity contribution < 1.29 is 38.2 Å². The van der Waals surface area contributed by atoms with E-state index in [0.29, 0.717) is 84.9 Å². The normalized spacial score (nSPS) is 12.3. The van der Waals surface area contributed by atoms with E-state index in [-0.39, 0.29) is 72.4 Å². The van der Waals surface area contributed by atoms with Gasteiger partial charge >= 0.3 is 18.0 Å². The highest BCUT2D eigenvalue weighted by molar-refractivity contribution is 6.17. The van der Waals surface area contributed by atoms with Crippen LogP contribution in [0.15, 0.2) is 218 Å². The summed E-state index contributed by atoms with van der Waals surface area (Å²) in [5.41, 5.74) is 12.8. The largest absolute Gasteiger partial charge is 0.466 e. The van der Waals surface area contributed by atoms with Gasteiger partial charge in [-0.2, -0.15) is 25.4 Å². The maximum absolute atomic E-state index is 12.9. The van der Waals surface area contributed by atoms with Gasteiger partial charge in [-0.05, 0) is 151 Å². The minimum Gasteiger partial charge on any atom is -0.466 e. The Morgan fingerprint density at radius 1 is 0.509 bits per heavy atom. The van der Waals surface area contributed by atoms with E-state index in [1.165, 1.54) is 11.0 Å². The summed E-state index contributed by atoms with van der Waals surface area (Å²) in [5.74, 6) is -0.861. The number of anilines is 2. The highest BCUT2D eigenvalue weighted by atomic mass is 16.5. The molecule has 13 rings (SSSR count). The number of H-pyrrole nitrogens is 4. The Balaban J connectivity index is 0.000000181. The molecule has 0 radical (unpaired) electrons. The van der Waals surface area contributed by atoms with Gasteiger partial charge < -0.3 is 30.7 Å². The fourth-order valence-corrected chi connectivity index (χ4v) is 12.5. The molecule has 4 amide bonds. The van der Waals surface area contributed by atoms with Gasteiger partial charge in [0, 0.05) is 79.6 Å². The van der Waals surface area contributed by atoms with Crippen molar-refractivity contribution in [3.8, 4) is 0 Å². The first kappa shape index (κ1) is 84.4. The van der Waals surface area contributed by atoms with E-state index in [0.717, 1.165) is 77.8 Å². The predicted octanol–water partition coefficient (Wildman–Crippen LogP) is 11.7. The Kier molecular flexibility index (Phi) is 29.2. The topological polar surface area (TPSA) is 373 Å². The number of isocyanates is 1. The van der Waals surface area contributed by atoms with Crippen LogP contribution >= 0.6 is 0 Å². The maximum Gasteiger partial charge on any atom is 0.331 e. The zero-order chi connectivity index (χ0) is 80.0. The Morgan fingerprint density at radius 2 is 0.875 bits per heavy atom. The standard InChI is InChI=1S/C24H27N3O4.C22H22N4O3.C16H11N3O2.C15H13N3O.C8H17NO2.CH4/c1-4-31-23(30)24(2,3)15-25-21(28)14-17-9-7-8-16(12-17)13-20-18-10-5-6-11-19(18)22(29)27-26-20;1-22(2)13-25(3)21(29)26(20(22)28)15-8-6-7-14(11-15)12-18-16-9-4-5-10-17(16)19(27)24-23-18;20-10-17-12-5-3-4-11(8-12)9-15-13-6-1-2-7-14(13)16(21)19-18-15;16-11-5-3-4-10(8-11)9-14-12-6-1-2-7-13(12)15(19)18-17-14;1-5-11-7(10)8(2,3)6-9-4;/h5-12H,4,13-15H2,1-3H3,(H,25,28)(H,27,29);4-11H,12-13H2,1-3H3,(H,24,27);1-8H,9H2,(H,19,21);1-8H,9,16H2,(H,18,19);9H,5-6H2,1-4H3;1H4. The third-order valence-corrected chi connectivity index (χ3v) is 18.1. The van der Waals surface area contributed by atoms with Crippen LogP contribution in [0, 0.1) is 16.2 Å². The number of carbonyl (C=O) groups is 5. The molecule has 0 spiro atoms. The Bertz CT molecular complexity index is 5660. The average Bonchev–Trinajstić information content (AvgIpc) is 0.767. The minimum absolute atomic E-state index is 0. The second-order valence-electron chi connectivity index (χ2n) is 28.4. The Morgan fingerprint density at radius 3 is 1.29 bits per heavy atom. The number of fused-ring (bicyclic) bond motifs is 4. The molecule has 4 aromatic heterocycles. The van der Waals surface area contributed by atoms with Gasteiger partial charge in [-0.15, -0.1) is 0 Å². The number of hydrogen-bond donors (Lipinski definition) is 7. The number of esters is 2. The highest BCUT2D eigenvalue weighted by Gasteiger charge is 2.44. The molecule has 1 saturated heterocycles. The number of carbonyl (C=O) groups excluding carboxylic acids is 6.